The normalized spacial score (nSPS) is 18.8. The summed E-state index contributed by atoms with van der Waals surface area (Å²) < 4.78 is 35.2. The van der Waals surface area contributed by atoms with Gasteiger partial charge in [-0.25, -0.2) is 13.8 Å². The second kappa shape index (κ2) is 10.1. The van der Waals surface area contributed by atoms with E-state index in [0.29, 0.717) is 12.3 Å². The number of ether oxygens (including phenoxy) is 1. The van der Waals surface area contributed by atoms with Crippen molar-refractivity contribution in [3.8, 4) is 0 Å². The Hall–Kier alpha value is -2.59. The molecule has 1 atom stereocenters. The van der Waals surface area contributed by atoms with Crippen LogP contribution < -0.4 is 14.3 Å². The van der Waals surface area contributed by atoms with Gasteiger partial charge in [-0.05, 0) is 73.6 Å². The summed E-state index contributed by atoms with van der Waals surface area (Å²) in [5.74, 6) is 0. The largest absolute Gasteiger partial charge is 0.376 e. The lowest BCUT2D eigenvalue weighted by molar-refractivity contribution is 0.118. The quantitative estimate of drug-likeness (QED) is 0.592. The van der Waals surface area contributed by atoms with Gasteiger partial charge >= 0.3 is 16.2 Å². The number of amides is 2. The molecule has 2 aromatic rings. The number of nitrogens with zero attached hydrogens (tertiary/aromatic N) is 2. The molecule has 10 heteroatoms. The van der Waals surface area contributed by atoms with E-state index in [2.05, 4.69) is 26.3 Å². The predicted molar refractivity (Wildman–Crippen MR) is 128 cm³/mol. The summed E-state index contributed by atoms with van der Waals surface area (Å²) in [6.45, 7) is 4.74. The topological polar surface area (TPSA) is 116 Å². The van der Waals surface area contributed by atoms with Crippen molar-refractivity contribution in [2.24, 2.45) is 0 Å². The van der Waals surface area contributed by atoms with Crippen molar-refractivity contribution < 1.29 is 17.9 Å². The van der Waals surface area contributed by atoms with Crippen LogP contribution in [0.4, 0.5) is 16.2 Å². The van der Waals surface area contributed by atoms with Crippen LogP contribution in [0.1, 0.15) is 61.8 Å². The SMILES string of the molecule is CC.O=C(Nc1c2c(cc3c1CCC3)CCC2)NS(=O)(=O)N(CC1CCCO1)c1cn[nH]c1. The summed E-state index contributed by atoms with van der Waals surface area (Å²) in [5, 5.41) is 9.37. The van der Waals surface area contributed by atoms with E-state index in [-0.39, 0.29) is 12.6 Å². The molecule has 180 valence electrons. The van der Waals surface area contributed by atoms with Crippen LogP contribution in [0.2, 0.25) is 0 Å². The molecule has 3 N–H and O–H groups in total. The number of benzene rings is 1. The number of fused-ring (bicyclic) bond motifs is 2. The van der Waals surface area contributed by atoms with E-state index in [0.717, 1.165) is 72.5 Å². The zero-order valence-corrected chi connectivity index (χ0v) is 20.1. The summed E-state index contributed by atoms with van der Waals surface area (Å²) >= 11 is 0. The number of aromatic amines is 1. The third-order valence-corrected chi connectivity index (χ3v) is 7.77. The number of rotatable bonds is 6. The van der Waals surface area contributed by atoms with Gasteiger partial charge in [0.25, 0.3) is 0 Å². The number of carbonyl (C=O) groups excluding carboxylic acids is 1. The van der Waals surface area contributed by atoms with Crippen LogP contribution in [0.15, 0.2) is 18.5 Å². The molecule has 0 saturated carbocycles. The van der Waals surface area contributed by atoms with Gasteiger partial charge in [-0.1, -0.05) is 19.9 Å². The molecule has 5 rings (SSSR count). The number of urea groups is 1. The van der Waals surface area contributed by atoms with Gasteiger partial charge < -0.3 is 10.1 Å². The fourth-order valence-corrected chi connectivity index (χ4v) is 6.11. The van der Waals surface area contributed by atoms with Crippen LogP contribution in [0.3, 0.4) is 0 Å². The minimum atomic E-state index is -4.15. The summed E-state index contributed by atoms with van der Waals surface area (Å²) in [4.78, 5) is 12.9. The van der Waals surface area contributed by atoms with Crippen molar-refractivity contribution in [1.82, 2.24) is 14.9 Å². The van der Waals surface area contributed by atoms with Gasteiger partial charge in [0.1, 0.15) is 0 Å². The van der Waals surface area contributed by atoms with E-state index in [9.17, 15) is 13.2 Å². The predicted octanol–water partition coefficient (Wildman–Crippen LogP) is 3.47. The lowest BCUT2D eigenvalue weighted by atomic mass is 9.99. The molecular weight excluding hydrogens is 442 g/mol. The van der Waals surface area contributed by atoms with Crippen LogP contribution in [-0.4, -0.2) is 43.9 Å². The number of aromatic nitrogens is 2. The number of hydrogen-bond donors (Lipinski definition) is 3. The molecule has 1 aromatic heterocycles. The molecule has 1 saturated heterocycles. The van der Waals surface area contributed by atoms with Crippen molar-refractivity contribution in [3.63, 3.8) is 0 Å². The Kier molecular flexibility index (Phi) is 7.23. The number of nitrogens with one attached hydrogen (secondary N) is 3. The number of anilines is 2. The standard InChI is InChI=1S/C21H27N5O4S.C2H6/c27-21(24-20-18-7-1-4-14(18)10-15-5-2-8-19(15)20)25-31(28,29)26(16-11-22-23-12-16)13-17-6-3-9-30-17;1-2/h10-12,17H,1-9,13H2,(H,22,23)(H2,24,25,27);1-2H3. The fourth-order valence-electron chi connectivity index (χ4n) is 4.97. The third-order valence-electron chi connectivity index (χ3n) is 6.39. The molecule has 0 bridgehead atoms. The highest BCUT2D eigenvalue weighted by Gasteiger charge is 2.31. The average Bonchev–Trinajstić information content (AvgIpc) is 3.60. The Balaban J connectivity index is 0.00000126. The smallest absolute Gasteiger partial charge is 0.334 e. The zero-order chi connectivity index (χ0) is 23.4. The second-order valence-corrected chi connectivity index (χ2v) is 10.0. The molecule has 1 unspecified atom stereocenters. The van der Waals surface area contributed by atoms with E-state index >= 15 is 0 Å². The number of hydrogen-bond acceptors (Lipinski definition) is 5. The highest BCUT2D eigenvalue weighted by Crippen LogP contribution is 2.38. The van der Waals surface area contributed by atoms with Gasteiger partial charge in [0.15, 0.2) is 0 Å². The van der Waals surface area contributed by atoms with Crippen LogP contribution in [0.5, 0.6) is 0 Å². The first kappa shape index (κ1) is 23.6. The average molecular weight is 476 g/mol. The molecule has 9 nitrogen and oxygen atoms in total. The molecule has 1 fully saturated rings. The maximum absolute atomic E-state index is 13.1. The first-order valence-corrected chi connectivity index (χ1v) is 13.3. The first-order valence-electron chi connectivity index (χ1n) is 11.9. The van der Waals surface area contributed by atoms with Crippen LogP contribution in [0.25, 0.3) is 0 Å². The van der Waals surface area contributed by atoms with Crippen molar-refractivity contribution in [2.45, 2.75) is 71.3 Å². The van der Waals surface area contributed by atoms with Crippen LogP contribution in [0, 0.1) is 0 Å². The second-order valence-electron chi connectivity index (χ2n) is 8.42. The van der Waals surface area contributed by atoms with Crippen molar-refractivity contribution in [2.75, 3.05) is 22.8 Å². The minimum Gasteiger partial charge on any atom is -0.376 e. The molecule has 0 radical (unpaired) electrons. The summed E-state index contributed by atoms with van der Waals surface area (Å²) in [6, 6.07) is 1.53. The maximum atomic E-state index is 13.1. The van der Waals surface area contributed by atoms with Crippen molar-refractivity contribution in [3.05, 3.63) is 40.7 Å². The molecular formula is C23H33N5O4S. The van der Waals surface area contributed by atoms with Gasteiger partial charge in [-0.2, -0.15) is 13.5 Å². The number of aryl methyl sites for hydroxylation is 2. The van der Waals surface area contributed by atoms with Crippen LogP contribution >= 0.6 is 0 Å². The molecule has 3 aliphatic rings. The molecule has 1 aromatic carbocycles. The van der Waals surface area contributed by atoms with Gasteiger partial charge in [-0.3, -0.25) is 5.10 Å². The molecule has 33 heavy (non-hydrogen) atoms. The van der Waals surface area contributed by atoms with E-state index < -0.39 is 16.2 Å². The third kappa shape index (κ3) is 5.01. The summed E-state index contributed by atoms with van der Waals surface area (Å²) in [6.07, 6.45) is 10.3. The van der Waals surface area contributed by atoms with E-state index in [1.54, 1.807) is 0 Å². The Morgan fingerprint density at radius 3 is 2.42 bits per heavy atom. The van der Waals surface area contributed by atoms with E-state index in [4.69, 9.17) is 4.74 Å². The van der Waals surface area contributed by atoms with Crippen LogP contribution in [-0.2, 0) is 40.6 Å². The molecule has 1 aliphatic heterocycles. The lowest BCUT2D eigenvalue weighted by Crippen LogP contribution is -2.47. The number of H-pyrrole nitrogens is 1. The van der Waals surface area contributed by atoms with Crippen molar-refractivity contribution >= 4 is 27.6 Å². The highest BCUT2D eigenvalue weighted by molar-refractivity contribution is 7.91. The van der Waals surface area contributed by atoms with E-state index in [1.165, 1.54) is 23.5 Å². The summed E-state index contributed by atoms with van der Waals surface area (Å²) in [5.41, 5.74) is 6.02. The van der Waals surface area contributed by atoms with Crippen molar-refractivity contribution in [1.29, 1.82) is 0 Å². The molecule has 2 aliphatic carbocycles. The minimum absolute atomic E-state index is 0.123. The van der Waals surface area contributed by atoms with Gasteiger partial charge in [0.05, 0.1) is 24.5 Å². The lowest BCUT2D eigenvalue weighted by Gasteiger charge is -2.25. The Labute approximate surface area is 195 Å². The number of carbonyl (C=O) groups is 1. The fraction of sp³-hybridized carbons (Fsp3) is 0.565. The monoisotopic (exact) mass is 475 g/mol. The maximum Gasteiger partial charge on any atom is 0.334 e. The molecule has 0 spiro atoms. The van der Waals surface area contributed by atoms with Gasteiger partial charge in [-0.15, -0.1) is 0 Å². The Morgan fingerprint density at radius 2 is 1.85 bits per heavy atom. The van der Waals surface area contributed by atoms with Gasteiger partial charge in [0.2, 0.25) is 0 Å². The molecule has 2 heterocycles. The Morgan fingerprint density at radius 1 is 1.15 bits per heavy atom. The Bertz CT molecular complexity index is 1050. The summed E-state index contributed by atoms with van der Waals surface area (Å²) in [7, 11) is -4.15. The van der Waals surface area contributed by atoms with Gasteiger partial charge in [0, 0.05) is 18.5 Å². The zero-order valence-electron chi connectivity index (χ0n) is 19.3. The first-order chi connectivity index (χ1) is 16.0. The molecule has 2 amide bonds. The highest BCUT2D eigenvalue weighted by atomic mass is 32.2. The van der Waals surface area contributed by atoms with E-state index in [1.807, 2.05) is 13.8 Å².